The van der Waals surface area contributed by atoms with E-state index in [1.165, 1.54) is 0 Å². The highest BCUT2D eigenvalue weighted by Gasteiger charge is 2.20. The molecule has 1 fully saturated rings. The Bertz CT molecular complexity index is 423. The summed E-state index contributed by atoms with van der Waals surface area (Å²) in [5, 5.41) is 9.14. The lowest BCUT2D eigenvalue weighted by Gasteiger charge is -2.31. The van der Waals surface area contributed by atoms with Crippen molar-refractivity contribution in [1.82, 2.24) is 9.47 Å². The minimum absolute atomic E-state index is 0.375. The van der Waals surface area contributed by atoms with Crippen LogP contribution in [-0.2, 0) is 6.54 Å². The molecule has 0 bridgehead atoms. The summed E-state index contributed by atoms with van der Waals surface area (Å²) in [6, 6.07) is 1.67. The van der Waals surface area contributed by atoms with Crippen LogP contribution in [0.4, 0.5) is 0 Å². The van der Waals surface area contributed by atoms with Gasteiger partial charge in [-0.25, -0.2) is 4.79 Å². The highest BCUT2D eigenvalue weighted by Crippen LogP contribution is 2.22. The van der Waals surface area contributed by atoms with Gasteiger partial charge in [0.05, 0.1) is 0 Å². The van der Waals surface area contributed by atoms with Crippen LogP contribution in [0, 0.1) is 5.92 Å². The highest BCUT2D eigenvalue weighted by atomic mass is 79.9. The largest absolute Gasteiger partial charge is 0.477 e. The molecule has 1 aromatic rings. The molecule has 0 atom stereocenters. The minimum Gasteiger partial charge on any atom is -0.477 e. The number of nitrogens with zero attached hydrogens (tertiary/aromatic N) is 2. The highest BCUT2D eigenvalue weighted by molar-refractivity contribution is 9.10. The van der Waals surface area contributed by atoms with Gasteiger partial charge in [-0.2, -0.15) is 0 Å². The number of likely N-dealkylation sites (tertiary alicyclic amines) is 1. The Kier molecular flexibility index (Phi) is 4.45. The summed E-state index contributed by atoms with van der Waals surface area (Å²) in [7, 11) is 0. The monoisotopic (exact) mass is 314 g/mol. The first-order valence-electron chi connectivity index (χ1n) is 6.41. The number of carboxylic acids is 1. The Morgan fingerprint density at radius 1 is 1.50 bits per heavy atom. The summed E-state index contributed by atoms with van der Waals surface area (Å²) in [6.45, 7) is 6.37. The van der Waals surface area contributed by atoms with Crippen molar-refractivity contribution in [3.05, 3.63) is 22.4 Å². The van der Waals surface area contributed by atoms with E-state index in [1.807, 2.05) is 10.8 Å². The zero-order valence-corrected chi connectivity index (χ0v) is 12.2. The maximum absolute atomic E-state index is 11.1. The lowest BCUT2D eigenvalue weighted by Crippen LogP contribution is -2.34. The van der Waals surface area contributed by atoms with Crippen molar-refractivity contribution in [1.29, 1.82) is 0 Å². The summed E-state index contributed by atoms with van der Waals surface area (Å²) < 4.78 is 2.70. The fourth-order valence-electron chi connectivity index (χ4n) is 2.57. The number of hydrogen-bond acceptors (Lipinski definition) is 2. The third-order valence-corrected chi connectivity index (χ3v) is 4.13. The normalized spacial score (nSPS) is 18.1. The summed E-state index contributed by atoms with van der Waals surface area (Å²) in [4.78, 5) is 13.6. The number of aromatic nitrogens is 1. The van der Waals surface area contributed by atoms with Crippen molar-refractivity contribution in [2.45, 2.75) is 26.3 Å². The lowest BCUT2D eigenvalue weighted by atomic mass is 9.96. The Morgan fingerprint density at radius 2 is 2.17 bits per heavy atom. The van der Waals surface area contributed by atoms with Crippen molar-refractivity contribution in [2.75, 3.05) is 19.6 Å². The summed E-state index contributed by atoms with van der Waals surface area (Å²) in [5.74, 6) is -0.267. The van der Waals surface area contributed by atoms with Crippen LogP contribution < -0.4 is 0 Å². The second kappa shape index (κ2) is 5.89. The van der Waals surface area contributed by atoms with E-state index < -0.39 is 5.97 Å². The van der Waals surface area contributed by atoms with Crippen molar-refractivity contribution in [3.8, 4) is 0 Å². The topological polar surface area (TPSA) is 45.5 Å². The van der Waals surface area contributed by atoms with Gasteiger partial charge in [-0.05, 0) is 60.4 Å². The number of hydrogen-bond donors (Lipinski definition) is 1. The molecule has 0 spiro atoms. The van der Waals surface area contributed by atoms with Crippen LogP contribution in [-0.4, -0.2) is 40.2 Å². The number of carbonyl (C=O) groups is 1. The quantitative estimate of drug-likeness (QED) is 0.929. The Hall–Kier alpha value is -0.810. The standard InChI is InChI=1S/C13H19BrN2O2/c1-2-15-5-3-10(4-6-15)8-16-9-11(14)7-12(16)13(17)18/h7,9-10H,2-6,8H2,1H3,(H,17,18). The molecule has 1 aromatic heterocycles. The van der Waals surface area contributed by atoms with Crippen LogP contribution in [0.15, 0.2) is 16.7 Å². The molecule has 0 radical (unpaired) electrons. The molecule has 100 valence electrons. The van der Waals surface area contributed by atoms with Gasteiger partial charge in [0, 0.05) is 17.2 Å². The van der Waals surface area contributed by atoms with Crippen LogP contribution >= 0.6 is 15.9 Å². The van der Waals surface area contributed by atoms with Crippen molar-refractivity contribution >= 4 is 21.9 Å². The van der Waals surface area contributed by atoms with Crippen LogP contribution in [0.1, 0.15) is 30.3 Å². The lowest BCUT2D eigenvalue weighted by molar-refractivity contribution is 0.0682. The van der Waals surface area contributed by atoms with Crippen LogP contribution in [0.25, 0.3) is 0 Å². The molecule has 4 nitrogen and oxygen atoms in total. The minimum atomic E-state index is -0.855. The van der Waals surface area contributed by atoms with Gasteiger partial charge in [0.15, 0.2) is 0 Å². The predicted octanol–water partition coefficient (Wildman–Crippen LogP) is 2.68. The molecule has 5 heteroatoms. The second-order valence-corrected chi connectivity index (χ2v) is 5.79. The second-order valence-electron chi connectivity index (χ2n) is 4.88. The summed E-state index contributed by atoms with van der Waals surface area (Å²) in [6.07, 6.45) is 4.18. The van der Waals surface area contributed by atoms with E-state index in [9.17, 15) is 4.79 Å². The number of rotatable bonds is 4. The number of carboxylic acid groups (broad SMARTS) is 1. The molecule has 1 aliphatic heterocycles. The molecule has 0 unspecified atom stereocenters. The van der Waals surface area contributed by atoms with E-state index in [1.54, 1.807) is 6.07 Å². The first kappa shape index (κ1) is 13.6. The Morgan fingerprint density at radius 3 is 2.72 bits per heavy atom. The molecule has 2 heterocycles. The van der Waals surface area contributed by atoms with Crippen molar-refractivity contribution in [2.24, 2.45) is 5.92 Å². The zero-order valence-electron chi connectivity index (χ0n) is 10.6. The van der Waals surface area contributed by atoms with Gasteiger partial charge >= 0.3 is 5.97 Å². The SMILES string of the molecule is CCN1CCC(Cn2cc(Br)cc2C(=O)O)CC1. The number of halogens is 1. The van der Waals surface area contributed by atoms with E-state index >= 15 is 0 Å². The van der Waals surface area contributed by atoms with E-state index in [4.69, 9.17) is 5.11 Å². The van der Waals surface area contributed by atoms with Gasteiger partial charge in [-0.15, -0.1) is 0 Å². The van der Waals surface area contributed by atoms with E-state index in [0.29, 0.717) is 11.6 Å². The molecule has 0 saturated carbocycles. The van der Waals surface area contributed by atoms with Crippen molar-refractivity contribution < 1.29 is 9.90 Å². The molecular formula is C13H19BrN2O2. The number of piperidine rings is 1. The van der Waals surface area contributed by atoms with Gasteiger partial charge in [-0.3, -0.25) is 0 Å². The average Bonchev–Trinajstić information content (AvgIpc) is 2.71. The van der Waals surface area contributed by atoms with E-state index in [2.05, 4.69) is 27.8 Å². The van der Waals surface area contributed by atoms with Gasteiger partial charge < -0.3 is 14.6 Å². The molecule has 0 aliphatic carbocycles. The Labute approximate surface area is 116 Å². The van der Waals surface area contributed by atoms with Crippen molar-refractivity contribution in [3.63, 3.8) is 0 Å². The fourth-order valence-corrected chi connectivity index (χ4v) is 3.03. The van der Waals surface area contributed by atoms with Gasteiger partial charge in [0.1, 0.15) is 5.69 Å². The zero-order chi connectivity index (χ0) is 13.1. The molecule has 1 N–H and O–H groups in total. The third-order valence-electron chi connectivity index (χ3n) is 3.69. The van der Waals surface area contributed by atoms with Gasteiger partial charge in [-0.1, -0.05) is 6.92 Å². The summed E-state index contributed by atoms with van der Waals surface area (Å²) >= 11 is 3.34. The first-order valence-corrected chi connectivity index (χ1v) is 7.20. The third kappa shape index (κ3) is 3.14. The van der Waals surface area contributed by atoms with Gasteiger partial charge in [0.25, 0.3) is 0 Å². The van der Waals surface area contributed by atoms with Crippen LogP contribution in [0.2, 0.25) is 0 Å². The average molecular weight is 315 g/mol. The smallest absolute Gasteiger partial charge is 0.352 e. The molecule has 0 amide bonds. The van der Waals surface area contributed by atoms with Crippen LogP contribution in [0.5, 0.6) is 0 Å². The molecule has 1 saturated heterocycles. The van der Waals surface area contributed by atoms with E-state index in [0.717, 1.165) is 43.5 Å². The summed E-state index contributed by atoms with van der Waals surface area (Å²) in [5.41, 5.74) is 0.375. The molecule has 2 rings (SSSR count). The molecular weight excluding hydrogens is 296 g/mol. The number of aromatic carboxylic acids is 1. The predicted molar refractivity (Wildman–Crippen MR) is 73.9 cm³/mol. The fraction of sp³-hybridized carbons (Fsp3) is 0.615. The van der Waals surface area contributed by atoms with Gasteiger partial charge in [0.2, 0.25) is 0 Å². The maximum Gasteiger partial charge on any atom is 0.352 e. The van der Waals surface area contributed by atoms with E-state index in [-0.39, 0.29) is 0 Å². The molecule has 1 aliphatic rings. The first-order chi connectivity index (χ1) is 8.60. The molecule has 0 aromatic carbocycles. The maximum atomic E-state index is 11.1. The van der Waals surface area contributed by atoms with Crippen LogP contribution in [0.3, 0.4) is 0 Å². The Balaban J connectivity index is 2.00. The molecule has 18 heavy (non-hydrogen) atoms.